The monoisotopic (exact) mass is 258 g/mol. The molecule has 0 radical (unpaired) electrons. The molecule has 16 heavy (non-hydrogen) atoms. The normalized spacial score (nSPS) is 40.9. The molecule has 0 unspecified atom stereocenters. The summed E-state index contributed by atoms with van der Waals surface area (Å²) in [5.41, 5.74) is 0. The van der Waals surface area contributed by atoms with Crippen molar-refractivity contribution in [3.63, 3.8) is 0 Å². The maximum Gasteiger partial charge on any atom is 0.0367 e. The minimum Gasteiger partial charge on any atom is -0.123 e. The standard InChI is InChI=1S/C14H27ClSi/c1-2-9-16-10-7-13(8-11-16)12-3-5-14(15)6-4-12/h12-14,16H,2-11H2,1H3. The molecule has 0 amide bonds. The highest BCUT2D eigenvalue weighted by molar-refractivity contribution is 6.58. The lowest BCUT2D eigenvalue weighted by molar-refractivity contribution is 0.232. The summed E-state index contributed by atoms with van der Waals surface area (Å²) in [5.74, 6) is 2.14. The predicted octanol–water partition coefficient (Wildman–Crippen LogP) is 4.83. The van der Waals surface area contributed by atoms with E-state index in [1.165, 1.54) is 32.1 Å². The highest BCUT2D eigenvalue weighted by Gasteiger charge is 2.30. The zero-order valence-corrected chi connectivity index (χ0v) is 12.7. The second-order valence-electron chi connectivity index (χ2n) is 6.08. The van der Waals surface area contributed by atoms with Crippen LogP contribution in [0.15, 0.2) is 0 Å². The predicted molar refractivity (Wildman–Crippen MR) is 76.2 cm³/mol. The third-order valence-corrected chi connectivity index (χ3v) is 9.09. The molecule has 1 aliphatic heterocycles. The van der Waals surface area contributed by atoms with Crippen LogP contribution >= 0.6 is 11.6 Å². The first-order valence-corrected chi connectivity index (χ1v) is 10.3. The second-order valence-corrected chi connectivity index (χ2v) is 10.2. The number of hydrogen-bond donors (Lipinski definition) is 0. The van der Waals surface area contributed by atoms with Gasteiger partial charge in [-0.2, -0.15) is 0 Å². The summed E-state index contributed by atoms with van der Waals surface area (Å²) in [6.07, 6.45) is 10.0. The fourth-order valence-electron chi connectivity index (χ4n) is 3.91. The first kappa shape index (κ1) is 13.0. The topological polar surface area (TPSA) is 0 Å². The van der Waals surface area contributed by atoms with E-state index in [4.69, 9.17) is 11.6 Å². The van der Waals surface area contributed by atoms with Gasteiger partial charge in [-0.15, -0.1) is 11.6 Å². The summed E-state index contributed by atoms with van der Waals surface area (Å²) >= 11 is 6.19. The number of alkyl halides is 1. The molecular formula is C14H27ClSi. The van der Waals surface area contributed by atoms with Crippen LogP contribution in [0.1, 0.15) is 51.9 Å². The van der Waals surface area contributed by atoms with Gasteiger partial charge in [-0.25, -0.2) is 0 Å². The van der Waals surface area contributed by atoms with Crippen LogP contribution in [0.3, 0.4) is 0 Å². The van der Waals surface area contributed by atoms with Gasteiger partial charge in [0.25, 0.3) is 0 Å². The summed E-state index contributed by atoms with van der Waals surface area (Å²) < 4.78 is 0. The molecule has 2 heteroatoms. The lowest BCUT2D eigenvalue weighted by atomic mass is 9.77. The zero-order valence-electron chi connectivity index (χ0n) is 10.8. The van der Waals surface area contributed by atoms with Gasteiger partial charge in [0.2, 0.25) is 0 Å². The van der Waals surface area contributed by atoms with Crippen LogP contribution in [-0.2, 0) is 0 Å². The molecule has 0 spiro atoms. The molecule has 1 aliphatic carbocycles. The van der Waals surface area contributed by atoms with Crippen molar-refractivity contribution in [2.45, 2.75) is 75.4 Å². The van der Waals surface area contributed by atoms with Crippen LogP contribution in [0.5, 0.6) is 0 Å². The van der Waals surface area contributed by atoms with Gasteiger partial charge in [0, 0.05) is 14.2 Å². The Labute approximate surface area is 108 Å². The van der Waals surface area contributed by atoms with E-state index in [1.807, 2.05) is 0 Å². The van der Waals surface area contributed by atoms with E-state index >= 15 is 0 Å². The zero-order chi connectivity index (χ0) is 11.4. The van der Waals surface area contributed by atoms with E-state index in [-0.39, 0.29) is 8.80 Å². The van der Waals surface area contributed by atoms with Crippen molar-refractivity contribution in [2.24, 2.45) is 11.8 Å². The molecule has 94 valence electrons. The van der Waals surface area contributed by atoms with Gasteiger partial charge < -0.3 is 0 Å². The van der Waals surface area contributed by atoms with E-state index in [0.29, 0.717) is 5.38 Å². The van der Waals surface area contributed by atoms with Gasteiger partial charge in [0.05, 0.1) is 0 Å². The Morgan fingerprint density at radius 1 is 0.938 bits per heavy atom. The summed E-state index contributed by atoms with van der Waals surface area (Å²) in [5, 5.41) is 0.502. The van der Waals surface area contributed by atoms with Gasteiger partial charge in [0.1, 0.15) is 0 Å². The van der Waals surface area contributed by atoms with E-state index < -0.39 is 0 Å². The minimum absolute atomic E-state index is 0.257. The molecule has 1 heterocycles. The molecule has 0 N–H and O–H groups in total. The van der Waals surface area contributed by atoms with Crippen LogP contribution in [0.4, 0.5) is 0 Å². The highest BCUT2D eigenvalue weighted by Crippen LogP contribution is 2.40. The summed E-state index contributed by atoms with van der Waals surface area (Å²) in [6, 6.07) is 4.92. The van der Waals surface area contributed by atoms with Crippen molar-refractivity contribution in [1.82, 2.24) is 0 Å². The largest absolute Gasteiger partial charge is 0.123 e. The molecule has 0 nitrogen and oxygen atoms in total. The average Bonchev–Trinajstić information content (AvgIpc) is 2.32. The Hall–Kier alpha value is 0.507. The molecule has 0 bridgehead atoms. The van der Waals surface area contributed by atoms with Crippen LogP contribution in [0.2, 0.25) is 18.1 Å². The van der Waals surface area contributed by atoms with E-state index in [9.17, 15) is 0 Å². The molecule has 2 rings (SSSR count). The van der Waals surface area contributed by atoms with Gasteiger partial charge in [-0.1, -0.05) is 44.3 Å². The maximum atomic E-state index is 6.19. The summed E-state index contributed by atoms with van der Waals surface area (Å²) in [7, 11) is -0.257. The molecule has 0 aromatic heterocycles. The molecule has 0 aromatic carbocycles. The van der Waals surface area contributed by atoms with Crippen LogP contribution in [-0.4, -0.2) is 14.2 Å². The smallest absolute Gasteiger partial charge is 0.0367 e. The van der Waals surface area contributed by atoms with Crippen molar-refractivity contribution in [3.05, 3.63) is 0 Å². The first-order chi connectivity index (χ1) is 7.79. The lowest BCUT2D eigenvalue weighted by Gasteiger charge is -2.36. The molecule has 1 saturated heterocycles. The molecular weight excluding hydrogens is 232 g/mol. The summed E-state index contributed by atoms with van der Waals surface area (Å²) in [6.45, 7) is 2.36. The lowest BCUT2D eigenvalue weighted by Crippen LogP contribution is -2.28. The van der Waals surface area contributed by atoms with E-state index in [2.05, 4.69) is 6.92 Å². The molecule has 2 fully saturated rings. The van der Waals surface area contributed by atoms with E-state index in [1.54, 1.807) is 31.0 Å². The van der Waals surface area contributed by atoms with Gasteiger partial charge in [-0.3, -0.25) is 0 Å². The second kappa shape index (κ2) is 6.44. The average molecular weight is 259 g/mol. The molecule has 0 aromatic rings. The number of rotatable bonds is 3. The van der Waals surface area contributed by atoms with Gasteiger partial charge in [0.15, 0.2) is 0 Å². The fourth-order valence-corrected chi connectivity index (χ4v) is 7.64. The Bertz CT molecular complexity index is 191. The fraction of sp³-hybridized carbons (Fsp3) is 1.00. The first-order valence-electron chi connectivity index (χ1n) is 7.43. The van der Waals surface area contributed by atoms with Crippen molar-refractivity contribution >= 4 is 20.4 Å². The Morgan fingerprint density at radius 3 is 2.06 bits per heavy atom. The van der Waals surface area contributed by atoms with Crippen molar-refractivity contribution in [2.75, 3.05) is 0 Å². The highest BCUT2D eigenvalue weighted by atomic mass is 35.5. The Morgan fingerprint density at radius 2 is 1.50 bits per heavy atom. The Kier molecular flexibility index (Phi) is 5.21. The van der Waals surface area contributed by atoms with Crippen LogP contribution in [0, 0.1) is 11.8 Å². The van der Waals surface area contributed by atoms with Gasteiger partial charge in [-0.05, 0) is 37.5 Å². The molecule has 2 aliphatic rings. The van der Waals surface area contributed by atoms with Crippen LogP contribution in [0.25, 0.3) is 0 Å². The quantitative estimate of drug-likeness (QED) is 0.502. The number of halogens is 1. The molecule has 1 saturated carbocycles. The van der Waals surface area contributed by atoms with Crippen molar-refractivity contribution < 1.29 is 0 Å². The van der Waals surface area contributed by atoms with E-state index in [0.717, 1.165) is 11.8 Å². The third kappa shape index (κ3) is 3.50. The van der Waals surface area contributed by atoms with Gasteiger partial charge >= 0.3 is 0 Å². The Balaban J connectivity index is 1.72. The third-order valence-electron chi connectivity index (χ3n) is 4.96. The van der Waals surface area contributed by atoms with Crippen molar-refractivity contribution in [1.29, 1.82) is 0 Å². The number of hydrogen-bond acceptors (Lipinski definition) is 0. The SMILES string of the molecule is CCC[SiH]1CCC(C2CCC(Cl)CC2)CC1. The minimum atomic E-state index is -0.257. The maximum absolute atomic E-state index is 6.19. The summed E-state index contributed by atoms with van der Waals surface area (Å²) in [4.78, 5) is 0. The van der Waals surface area contributed by atoms with Crippen molar-refractivity contribution in [3.8, 4) is 0 Å². The molecule has 0 atom stereocenters. The van der Waals surface area contributed by atoms with Crippen LogP contribution < -0.4 is 0 Å².